The van der Waals surface area contributed by atoms with E-state index in [1.54, 1.807) is 42.5 Å². The zero-order chi connectivity index (χ0) is 21.8. The Morgan fingerprint density at radius 3 is 2.48 bits per heavy atom. The van der Waals surface area contributed by atoms with E-state index in [4.69, 9.17) is 0 Å². The third-order valence-corrected chi connectivity index (χ3v) is 4.74. The highest BCUT2D eigenvalue weighted by molar-refractivity contribution is 5.98. The summed E-state index contributed by atoms with van der Waals surface area (Å²) in [7, 11) is 0. The molecule has 0 radical (unpaired) electrons. The SMILES string of the molecule is CC(=O)Nc1ccccc1-c1nc2ccc(C(=O)NCc3ccccc3)cc2[nH]c1=O. The van der Waals surface area contributed by atoms with Gasteiger partial charge in [-0.2, -0.15) is 0 Å². The van der Waals surface area contributed by atoms with Crippen LogP contribution in [0.15, 0.2) is 77.6 Å². The zero-order valence-corrected chi connectivity index (χ0v) is 16.8. The van der Waals surface area contributed by atoms with Crippen LogP contribution in [0, 0.1) is 0 Å². The second-order valence-electron chi connectivity index (χ2n) is 7.04. The number of anilines is 1. The van der Waals surface area contributed by atoms with Crippen LogP contribution in [0.4, 0.5) is 5.69 Å². The highest BCUT2D eigenvalue weighted by atomic mass is 16.2. The summed E-state index contributed by atoms with van der Waals surface area (Å²) in [6, 6.07) is 21.5. The lowest BCUT2D eigenvalue weighted by atomic mass is 10.1. The van der Waals surface area contributed by atoms with Gasteiger partial charge in [0.05, 0.1) is 16.7 Å². The summed E-state index contributed by atoms with van der Waals surface area (Å²) in [5.41, 5.74) is 3.21. The number of rotatable bonds is 5. The molecule has 0 aliphatic heterocycles. The zero-order valence-electron chi connectivity index (χ0n) is 16.8. The Morgan fingerprint density at radius 2 is 1.71 bits per heavy atom. The molecule has 1 heterocycles. The predicted octanol–water partition coefficient (Wildman–Crippen LogP) is 3.48. The van der Waals surface area contributed by atoms with Crippen LogP contribution in [0.1, 0.15) is 22.8 Å². The molecular weight excluding hydrogens is 392 g/mol. The minimum Gasteiger partial charge on any atom is -0.348 e. The molecule has 4 rings (SSSR count). The second-order valence-corrected chi connectivity index (χ2v) is 7.04. The first kappa shape index (κ1) is 20.0. The van der Waals surface area contributed by atoms with Crippen molar-refractivity contribution in [3.63, 3.8) is 0 Å². The van der Waals surface area contributed by atoms with Gasteiger partial charge in [-0.05, 0) is 29.8 Å². The lowest BCUT2D eigenvalue weighted by molar-refractivity contribution is -0.114. The van der Waals surface area contributed by atoms with Crippen LogP contribution in [0.3, 0.4) is 0 Å². The molecule has 0 fully saturated rings. The third-order valence-electron chi connectivity index (χ3n) is 4.74. The number of fused-ring (bicyclic) bond motifs is 1. The smallest absolute Gasteiger partial charge is 0.275 e. The van der Waals surface area contributed by atoms with E-state index < -0.39 is 5.56 Å². The molecule has 3 N–H and O–H groups in total. The number of carbonyl (C=O) groups excluding carboxylic acids is 2. The average molecular weight is 412 g/mol. The number of hydrogen-bond donors (Lipinski definition) is 3. The Labute approximate surface area is 178 Å². The van der Waals surface area contributed by atoms with E-state index in [-0.39, 0.29) is 17.5 Å². The van der Waals surface area contributed by atoms with Crippen molar-refractivity contribution in [1.29, 1.82) is 0 Å². The van der Waals surface area contributed by atoms with E-state index in [0.29, 0.717) is 34.4 Å². The molecule has 0 spiro atoms. The molecule has 0 saturated carbocycles. The molecule has 7 heteroatoms. The number of carbonyl (C=O) groups is 2. The van der Waals surface area contributed by atoms with E-state index >= 15 is 0 Å². The van der Waals surface area contributed by atoms with Crippen LogP contribution >= 0.6 is 0 Å². The van der Waals surface area contributed by atoms with E-state index in [0.717, 1.165) is 5.56 Å². The minimum atomic E-state index is -0.410. The first-order chi connectivity index (χ1) is 15.0. The number of aromatic amines is 1. The number of amides is 2. The molecule has 0 aliphatic rings. The van der Waals surface area contributed by atoms with Gasteiger partial charge in [-0.25, -0.2) is 4.98 Å². The van der Waals surface area contributed by atoms with Gasteiger partial charge in [0, 0.05) is 24.6 Å². The van der Waals surface area contributed by atoms with Gasteiger partial charge in [0.15, 0.2) is 0 Å². The predicted molar refractivity (Wildman–Crippen MR) is 120 cm³/mol. The fourth-order valence-corrected chi connectivity index (χ4v) is 3.28. The van der Waals surface area contributed by atoms with Crippen LogP contribution in [-0.4, -0.2) is 21.8 Å². The van der Waals surface area contributed by atoms with Gasteiger partial charge < -0.3 is 15.6 Å². The van der Waals surface area contributed by atoms with Crippen molar-refractivity contribution in [2.45, 2.75) is 13.5 Å². The van der Waals surface area contributed by atoms with Crippen molar-refractivity contribution < 1.29 is 9.59 Å². The fraction of sp³-hybridized carbons (Fsp3) is 0.0833. The number of para-hydroxylation sites is 1. The van der Waals surface area contributed by atoms with Crippen molar-refractivity contribution in [3.8, 4) is 11.3 Å². The largest absolute Gasteiger partial charge is 0.348 e. The van der Waals surface area contributed by atoms with E-state index in [1.165, 1.54) is 6.92 Å². The number of nitrogens with zero attached hydrogens (tertiary/aromatic N) is 1. The summed E-state index contributed by atoms with van der Waals surface area (Å²) < 4.78 is 0. The summed E-state index contributed by atoms with van der Waals surface area (Å²) in [5.74, 6) is -0.484. The van der Waals surface area contributed by atoms with Gasteiger partial charge in [-0.1, -0.05) is 48.5 Å². The van der Waals surface area contributed by atoms with Crippen LogP contribution in [0.2, 0.25) is 0 Å². The maximum Gasteiger partial charge on any atom is 0.275 e. The Balaban J connectivity index is 1.64. The second kappa shape index (κ2) is 8.62. The summed E-state index contributed by atoms with van der Waals surface area (Å²) in [6.45, 7) is 1.81. The summed E-state index contributed by atoms with van der Waals surface area (Å²) in [5, 5.41) is 5.58. The minimum absolute atomic E-state index is 0.193. The highest BCUT2D eigenvalue weighted by Gasteiger charge is 2.14. The summed E-state index contributed by atoms with van der Waals surface area (Å²) >= 11 is 0. The van der Waals surface area contributed by atoms with Crippen molar-refractivity contribution in [2.24, 2.45) is 0 Å². The number of hydrogen-bond acceptors (Lipinski definition) is 4. The Morgan fingerprint density at radius 1 is 0.968 bits per heavy atom. The molecule has 0 bridgehead atoms. The quantitative estimate of drug-likeness (QED) is 0.467. The Kier molecular flexibility index (Phi) is 5.57. The standard InChI is InChI=1S/C24H20N4O3/c1-15(29)26-19-10-6-5-9-18(19)22-24(31)28-21-13-17(11-12-20(21)27-22)23(30)25-14-16-7-3-2-4-8-16/h2-13H,14H2,1H3,(H,25,30)(H,26,29)(H,28,31). The molecule has 0 atom stereocenters. The molecule has 4 aromatic rings. The topological polar surface area (TPSA) is 104 Å². The van der Waals surface area contributed by atoms with Crippen LogP contribution in [-0.2, 0) is 11.3 Å². The maximum atomic E-state index is 12.7. The normalized spacial score (nSPS) is 10.6. The molecule has 3 aromatic carbocycles. The molecule has 31 heavy (non-hydrogen) atoms. The number of benzene rings is 3. The van der Waals surface area contributed by atoms with Gasteiger partial charge in [0.2, 0.25) is 5.91 Å². The van der Waals surface area contributed by atoms with Crippen molar-refractivity contribution in [1.82, 2.24) is 15.3 Å². The fourth-order valence-electron chi connectivity index (χ4n) is 3.28. The Hall–Kier alpha value is -4.26. The van der Waals surface area contributed by atoms with E-state index in [9.17, 15) is 14.4 Å². The summed E-state index contributed by atoms with van der Waals surface area (Å²) in [4.78, 5) is 44.0. The third kappa shape index (κ3) is 4.51. The number of H-pyrrole nitrogens is 1. The highest BCUT2D eigenvalue weighted by Crippen LogP contribution is 2.25. The first-order valence-electron chi connectivity index (χ1n) is 9.74. The van der Waals surface area contributed by atoms with Crippen molar-refractivity contribution in [3.05, 3.63) is 94.3 Å². The molecule has 154 valence electrons. The van der Waals surface area contributed by atoms with Crippen LogP contribution in [0.5, 0.6) is 0 Å². The first-order valence-corrected chi connectivity index (χ1v) is 9.74. The van der Waals surface area contributed by atoms with Gasteiger partial charge in [0.25, 0.3) is 11.5 Å². The lowest BCUT2D eigenvalue weighted by Crippen LogP contribution is -2.23. The van der Waals surface area contributed by atoms with Crippen molar-refractivity contribution >= 4 is 28.5 Å². The van der Waals surface area contributed by atoms with Crippen LogP contribution in [0.25, 0.3) is 22.3 Å². The number of nitrogens with one attached hydrogen (secondary N) is 3. The molecule has 1 aromatic heterocycles. The van der Waals surface area contributed by atoms with Gasteiger partial charge in [-0.15, -0.1) is 0 Å². The van der Waals surface area contributed by atoms with E-state index in [2.05, 4.69) is 20.6 Å². The monoisotopic (exact) mass is 412 g/mol. The molecule has 0 saturated heterocycles. The van der Waals surface area contributed by atoms with Crippen LogP contribution < -0.4 is 16.2 Å². The van der Waals surface area contributed by atoms with Crippen molar-refractivity contribution in [2.75, 3.05) is 5.32 Å². The van der Waals surface area contributed by atoms with Gasteiger partial charge >= 0.3 is 0 Å². The molecular formula is C24H20N4O3. The van der Waals surface area contributed by atoms with E-state index in [1.807, 2.05) is 30.3 Å². The van der Waals surface area contributed by atoms with Gasteiger partial charge in [0.1, 0.15) is 5.69 Å². The molecule has 2 amide bonds. The number of aromatic nitrogens is 2. The van der Waals surface area contributed by atoms with Gasteiger partial charge in [-0.3, -0.25) is 14.4 Å². The molecule has 7 nitrogen and oxygen atoms in total. The lowest BCUT2D eigenvalue weighted by Gasteiger charge is -2.10. The maximum absolute atomic E-state index is 12.7. The Bertz CT molecular complexity index is 1330. The summed E-state index contributed by atoms with van der Waals surface area (Å²) in [6.07, 6.45) is 0. The average Bonchev–Trinajstić information content (AvgIpc) is 2.77. The molecule has 0 unspecified atom stereocenters. The molecule has 0 aliphatic carbocycles.